The molecule has 9 heavy (non-hydrogen) atoms. The van der Waals surface area contributed by atoms with E-state index in [4.69, 9.17) is 6.42 Å². The Kier molecular flexibility index (Phi) is 4.95. The van der Waals surface area contributed by atoms with Crippen molar-refractivity contribution >= 4 is 0 Å². The largest absolute Gasteiger partial charge is 0.319 e. The molecular formula is C8H13N. The Morgan fingerprint density at radius 2 is 2.44 bits per heavy atom. The molecule has 0 saturated carbocycles. The third-order valence-corrected chi connectivity index (χ3v) is 1.07. The number of hydrogen-bond acceptors (Lipinski definition) is 1. The molecule has 0 fully saturated rings. The first-order valence-corrected chi connectivity index (χ1v) is 3.09. The first kappa shape index (κ1) is 8.26. The Morgan fingerprint density at radius 1 is 1.78 bits per heavy atom. The molecule has 0 heterocycles. The molecule has 0 saturated heterocycles. The number of terminal acetylenes is 1. The zero-order valence-corrected chi connectivity index (χ0v) is 6.07. The van der Waals surface area contributed by atoms with Gasteiger partial charge in [-0.2, -0.15) is 0 Å². The van der Waals surface area contributed by atoms with Gasteiger partial charge in [0.2, 0.25) is 0 Å². The minimum atomic E-state index is 0.999. The Balaban J connectivity index is 3.35. The first-order valence-electron chi connectivity index (χ1n) is 3.09. The van der Waals surface area contributed by atoms with Gasteiger partial charge in [-0.1, -0.05) is 12.0 Å². The van der Waals surface area contributed by atoms with E-state index in [1.165, 1.54) is 0 Å². The van der Waals surface area contributed by atoms with Gasteiger partial charge in [0.05, 0.1) is 0 Å². The van der Waals surface area contributed by atoms with Crippen LogP contribution in [-0.2, 0) is 0 Å². The lowest BCUT2D eigenvalue weighted by atomic mass is 10.2. The van der Waals surface area contributed by atoms with Crippen LogP contribution >= 0.6 is 0 Å². The van der Waals surface area contributed by atoms with E-state index >= 15 is 0 Å². The van der Waals surface area contributed by atoms with Crippen LogP contribution in [0.5, 0.6) is 0 Å². The van der Waals surface area contributed by atoms with Crippen LogP contribution in [0, 0.1) is 12.3 Å². The molecule has 0 aromatic heterocycles. The van der Waals surface area contributed by atoms with Gasteiger partial charge in [0, 0.05) is 0 Å². The fourth-order valence-electron chi connectivity index (χ4n) is 0.492. The summed E-state index contributed by atoms with van der Waals surface area (Å²) >= 11 is 0. The second-order valence-corrected chi connectivity index (χ2v) is 1.92. The average Bonchev–Trinajstić information content (AvgIpc) is 1.89. The van der Waals surface area contributed by atoms with E-state index in [2.05, 4.69) is 17.3 Å². The fourth-order valence-corrected chi connectivity index (χ4v) is 0.492. The molecule has 1 N–H and O–H groups in total. The maximum absolute atomic E-state index is 5.12. The highest BCUT2D eigenvalue weighted by Crippen LogP contribution is 1.90. The molecule has 50 valence electrons. The summed E-state index contributed by atoms with van der Waals surface area (Å²) in [7, 11) is 1.93. The molecular weight excluding hydrogens is 110 g/mol. The summed E-state index contributed by atoms with van der Waals surface area (Å²) in [6.45, 7) is 2.94. The van der Waals surface area contributed by atoms with Gasteiger partial charge in [-0.05, 0) is 32.5 Å². The summed E-state index contributed by atoms with van der Waals surface area (Å²) in [5, 5.41) is 3.03. The van der Waals surface area contributed by atoms with Crippen molar-refractivity contribution in [1.82, 2.24) is 5.32 Å². The van der Waals surface area contributed by atoms with Crippen LogP contribution in [0.1, 0.15) is 13.3 Å². The van der Waals surface area contributed by atoms with Crippen molar-refractivity contribution < 1.29 is 0 Å². The molecule has 0 aromatic rings. The quantitative estimate of drug-likeness (QED) is 0.439. The van der Waals surface area contributed by atoms with Crippen molar-refractivity contribution in [3.63, 3.8) is 0 Å². The predicted molar refractivity (Wildman–Crippen MR) is 41.1 cm³/mol. The lowest BCUT2D eigenvalue weighted by Crippen LogP contribution is -2.05. The zero-order chi connectivity index (χ0) is 7.11. The summed E-state index contributed by atoms with van der Waals surface area (Å²) < 4.78 is 0. The summed E-state index contributed by atoms with van der Waals surface area (Å²) in [6, 6.07) is 0. The Morgan fingerprint density at radius 3 is 2.89 bits per heavy atom. The molecule has 0 spiro atoms. The summed E-state index contributed by atoms with van der Waals surface area (Å²) in [5.41, 5.74) is 1.02. The van der Waals surface area contributed by atoms with Crippen LogP contribution in [0.3, 0.4) is 0 Å². The molecule has 0 aromatic carbocycles. The van der Waals surface area contributed by atoms with Gasteiger partial charge in [-0.15, -0.1) is 6.42 Å². The van der Waals surface area contributed by atoms with Crippen LogP contribution in [0.15, 0.2) is 11.6 Å². The second-order valence-electron chi connectivity index (χ2n) is 1.92. The highest BCUT2D eigenvalue weighted by molar-refractivity contribution is 5.22. The van der Waals surface area contributed by atoms with Gasteiger partial charge in [-0.25, -0.2) is 0 Å². The van der Waals surface area contributed by atoms with Gasteiger partial charge >= 0.3 is 0 Å². The molecule has 0 atom stereocenters. The van der Waals surface area contributed by atoms with Gasteiger partial charge in [-0.3, -0.25) is 0 Å². The Labute approximate surface area is 57.2 Å². The van der Waals surface area contributed by atoms with E-state index in [0.717, 1.165) is 18.5 Å². The van der Waals surface area contributed by atoms with Crippen molar-refractivity contribution in [2.45, 2.75) is 13.3 Å². The molecule has 0 amide bonds. The zero-order valence-electron chi connectivity index (χ0n) is 6.07. The normalized spacial score (nSPS) is 11.0. The highest BCUT2D eigenvalue weighted by Gasteiger charge is 1.79. The number of hydrogen-bond donors (Lipinski definition) is 1. The van der Waals surface area contributed by atoms with Gasteiger partial charge < -0.3 is 5.32 Å². The van der Waals surface area contributed by atoms with Crippen LogP contribution in [0.25, 0.3) is 0 Å². The third kappa shape index (κ3) is 5.13. The molecule has 0 bridgehead atoms. The van der Waals surface area contributed by atoms with Crippen LogP contribution in [-0.4, -0.2) is 13.6 Å². The molecule has 0 aliphatic rings. The smallest absolute Gasteiger partial charge is 0.00168 e. The first-order chi connectivity index (χ1) is 4.31. The van der Waals surface area contributed by atoms with E-state index in [1.54, 1.807) is 0 Å². The third-order valence-electron chi connectivity index (χ3n) is 1.07. The minimum Gasteiger partial charge on any atom is -0.319 e. The van der Waals surface area contributed by atoms with E-state index in [9.17, 15) is 0 Å². The SMILES string of the molecule is C#C/C(C)=C\CCNC. The number of nitrogens with one attached hydrogen (secondary N) is 1. The second kappa shape index (κ2) is 5.40. The van der Waals surface area contributed by atoms with Crippen LogP contribution in [0.4, 0.5) is 0 Å². The topological polar surface area (TPSA) is 12.0 Å². The van der Waals surface area contributed by atoms with Crippen molar-refractivity contribution in [2.75, 3.05) is 13.6 Å². The van der Waals surface area contributed by atoms with E-state index in [0.29, 0.717) is 0 Å². The highest BCUT2D eigenvalue weighted by atomic mass is 14.8. The monoisotopic (exact) mass is 123 g/mol. The van der Waals surface area contributed by atoms with Crippen molar-refractivity contribution in [1.29, 1.82) is 0 Å². The molecule has 0 aliphatic carbocycles. The summed E-state index contributed by atoms with van der Waals surface area (Å²) in [6.07, 6.45) is 8.19. The molecule has 0 aliphatic heterocycles. The number of allylic oxidation sites excluding steroid dienone is 1. The van der Waals surface area contributed by atoms with E-state index in [-0.39, 0.29) is 0 Å². The standard InChI is InChI=1S/C8H13N/c1-4-8(2)6-5-7-9-3/h1,6,9H,5,7H2,2-3H3/b8-6-. The maximum Gasteiger partial charge on any atom is -0.00168 e. The van der Waals surface area contributed by atoms with Crippen LogP contribution < -0.4 is 5.32 Å². The summed E-state index contributed by atoms with van der Waals surface area (Å²) in [4.78, 5) is 0. The average molecular weight is 123 g/mol. The van der Waals surface area contributed by atoms with Crippen LogP contribution in [0.2, 0.25) is 0 Å². The molecule has 0 radical (unpaired) electrons. The van der Waals surface area contributed by atoms with E-state index < -0.39 is 0 Å². The fraction of sp³-hybridized carbons (Fsp3) is 0.500. The van der Waals surface area contributed by atoms with Gasteiger partial charge in [0.25, 0.3) is 0 Å². The molecule has 0 rings (SSSR count). The molecule has 0 unspecified atom stereocenters. The number of rotatable bonds is 3. The lowest BCUT2D eigenvalue weighted by Gasteiger charge is -1.91. The van der Waals surface area contributed by atoms with Crippen molar-refractivity contribution in [3.8, 4) is 12.3 Å². The van der Waals surface area contributed by atoms with E-state index in [1.807, 2.05) is 14.0 Å². The van der Waals surface area contributed by atoms with Crippen molar-refractivity contribution in [2.24, 2.45) is 0 Å². The molecule has 1 nitrogen and oxygen atoms in total. The van der Waals surface area contributed by atoms with Crippen molar-refractivity contribution in [3.05, 3.63) is 11.6 Å². The minimum absolute atomic E-state index is 0.999. The Bertz CT molecular complexity index is 128. The maximum atomic E-state index is 5.12. The molecule has 1 heteroatoms. The van der Waals surface area contributed by atoms with Gasteiger partial charge in [0.1, 0.15) is 0 Å². The van der Waals surface area contributed by atoms with Gasteiger partial charge in [0.15, 0.2) is 0 Å². The predicted octanol–water partition coefficient (Wildman–Crippen LogP) is 1.18. The summed E-state index contributed by atoms with van der Waals surface area (Å²) in [5.74, 6) is 2.56. The Hall–Kier alpha value is -0.740. The lowest BCUT2D eigenvalue weighted by molar-refractivity contribution is 0.806.